The summed E-state index contributed by atoms with van der Waals surface area (Å²) in [6.07, 6.45) is 1.49. The number of carbonyl (C=O) groups excluding carboxylic acids is 1. The van der Waals surface area contributed by atoms with Crippen molar-refractivity contribution in [3.05, 3.63) is 54.2 Å². The summed E-state index contributed by atoms with van der Waals surface area (Å²) in [7, 11) is 0. The van der Waals surface area contributed by atoms with Gasteiger partial charge in [-0.25, -0.2) is 0 Å². The maximum Gasteiger partial charge on any atom is 0.294 e. The van der Waals surface area contributed by atoms with Crippen LogP contribution in [-0.2, 0) is 4.79 Å². The van der Waals surface area contributed by atoms with E-state index in [9.17, 15) is 4.79 Å². The quantitative estimate of drug-likeness (QED) is 0.785. The Kier molecular flexibility index (Phi) is 2.64. The van der Waals surface area contributed by atoms with Crippen molar-refractivity contribution in [2.24, 2.45) is 0 Å². The van der Waals surface area contributed by atoms with Crippen LogP contribution >= 0.6 is 0 Å². The van der Waals surface area contributed by atoms with Crippen molar-refractivity contribution >= 4 is 5.91 Å². The first kappa shape index (κ1) is 10.3. The molecule has 0 atom stereocenters. The lowest BCUT2D eigenvalue weighted by atomic mass is 10.2. The van der Waals surface area contributed by atoms with E-state index in [1.54, 1.807) is 6.07 Å². The number of aryl methyl sites for hydroxylation is 1. The minimum atomic E-state index is -0.301. The van der Waals surface area contributed by atoms with Crippen LogP contribution in [-0.4, -0.2) is 5.91 Å². The van der Waals surface area contributed by atoms with Crippen LogP contribution < -0.4 is 15.4 Å². The predicted octanol–water partition coefficient (Wildman–Crippen LogP) is 1.41. The molecule has 0 bridgehead atoms. The van der Waals surface area contributed by atoms with E-state index < -0.39 is 0 Å². The normalized spacial score (nSPS) is 14.9. The van der Waals surface area contributed by atoms with Crippen LogP contribution in [0, 0.1) is 6.92 Å². The summed E-state index contributed by atoms with van der Waals surface area (Å²) in [5.74, 6) is 1.00. The first-order valence-electron chi connectivity index (χ1n) is 4.86. The van der Waals surface area contributed by atoms with Crippen molar-refractivity contribution in [2.75, 3.05) is 0 Å². The van der Waals surface area contributed by atoms with Gasteiger partial charge in [-0.15, -0.1) is 0 Å². The van der Waals surface area contributed by atoms with Crippen LogP contribution in [0.4, 0.5) is 0 Å². The molecule has 1 aliphatic rings. The Morgan fingerprint density at radius 2 is 2.19 bits per heavy atom. The Bertz CT molecular complexity index is 478. The van der Waals surface area contributed by atoms with Gasteiger partial charge in [0.1, 0.15) is 11.6 Å². The highest BCUT2D eigenvalue weighted by Crippen LogP contribution is 2.16. The molecule has 0 spiro atoms. The average Bonchev–Trinajstić information content (AvgIpc) is 2.22. The molecule has 16 heavy (non-hydrogen) atoms. The van der Waals surface area contributed by atoms with Crippen molar-refractivity contribution in [2.45, 2.75) is 6.92 Å². The lowest BCUT2D eigenvalue weighted by Crippen LogP contribution is -2.36. The second kappa shape index (κ2) is 4.10. The molecule has 1 aliphatic heterocycles. The SMILES string of the molecule is C=C1NC=C(Oc2cccc(C)c2)C(=O)N1. The number of benzene rings is 1. The smallest absolute Gasteiger partial charge is 0.294 e. The summed E-state index contributed by atoms with van der Waals surface area (Å²) in [4.78, 5) is 11.5. The third-order valence-electron chi connectivity index (χ3n) is 2.08. The minimum Gasteiger partial charge on any atom is -0.450 e. The van der Waals surface area contributed by atoms with Crippen molar-refractivity contribution in [1.82, 2.24) is 10.6 Å². The molecule has 1 aromatic rings. The Morgan fingerprint density at radius 3 is 2.88 bits per heavy atom. The molecule has 0 saturated heterocycles. The zero-order chi connectivity index (χ0) is 11.5. The molecule has 4 heteroatoms. The molecular weight excluding hydrogens is 204 g/mol. The monoisotopic (exact) mass is 216 g/mol. The second-order valence-electron chi connectivity index (χ2n) is 3.50. The molecule has 0 saturated carbocycles. The number of amides is 1. The van der Waals surface area contributed by atoms with E-state index in [0.717, 1.165) is 5.56 Å². The molecule has 82 valence electrons. The van der Waals surface area contributed by atoms with E-state index in [-0.39, 0.29) is 11.7 Å². The molecule has 0 radical (unpaired) electrons. The summed E-state index contributed by atoms with van der Waals surface area (Å²) in [5, 5.41) is 5.31. The molecule has 1 heterocycles. The standard InChI is InChI=1S/C12H12N2O2/c1-8-4-3-5-10(6-8)16-11-7-13-9(2)14-12(11)15/h3-7,13H,2H2,1H3,(H,14,15). The molecule has 1 amide bonds. The first-order valence-corrected chi connectivity index (χ1v) is 4.86. The Hall–Kier alpha value is -2.23. The van der Waals surface area contributed by atoms with Gasteiger partial charge in [0, 0.05) is 0 Å². The van der Waals surface area contributed by atoms with Crippen LogP contribution in [0.3, 0.4) is 0 Å². The van der Waals surface area contributed by atoms with Gasteiger partial charge in [0.2, 0.25) is 5.76 Å². The third-order valence-corrected chi connectivity index (χ3v) is 2.08. The largest absolute Gasteiger partial charge is 0.450 e. The summed E-state index contributed by atoms with van der Waals surface area (Å²) in [6.45, 7) is 5.54. The Labute approximate surface area is 93.6 Å². The van der Waals surface area contributed by atoms with Crippen LogP contribution in [0.2, 0.25) is 0 Å². The average molecular weight is 216 g/mol. The number of hydrogen-bond donors (Lipinski definition) is 2. The van der Waals surface area contributed by atoms with Gasteiger partial charge in [-0.1, -0.05) is 18.7 Å². The van der Waals surface area contributed by atoms with Gasteiger partial charge in [0.15, 0.2) is 0 Å². The topological polar surface area (TPSA) is 50.4 Å². The maximum atomic E-state index is 11.5. The summed E-state index contributed by atoms with van der Waals surface area (Å²) in [6, 6.07) is 7.49. The highest BCUT2D eigenvalue weighted by molar-refractivity contribution is 5.93. The van der Waals surface area contributed by atoms with E-state index in [0.29, 0.717) is 11.6 Å². The number of rotatable bonds is 2. The van der Waals surface area contributed by atoms with Crippen molar-refractivity contribution in [3.63, 3.8) is 0 Å². The minimum absolute atomic E-state index is 0.220. The van der Waals surface area contributed by atoms with Crippen molar-refractivity contribution < 1.29 is 9.53 Å². The molecule has 0 unspecified atom stereocenters. The number of nitrogens with one attached hydrogen (secondary N) is 2. The van der Waals surface area contributed by atoms with E-state index in [1.807, 2.05) is 25.1 Å². The fraction of sp³-hybridized carbons (Fsp3) is 0.0833. The van der Waals surface area contributed by atoms with Gasteiger partial charge < -0.3 is 15.4 Å². The second-order valence-corrected chi connectivity index (χ2v) is 3.50. The Balaban J connectivity index is 2.16. The van der Waals surface area contributed by atoms with Gasteiger partial charge in [-0.3, -0.25) is 4.79 Å². The van der Waals surface area contributed by atoms with Crippen LogP contribution in [0.5, 0.6) is 5.75 Å². The summed E-state index contributed by atoms with van der Waals surface area (Å²) < 4.78 is 5.44. The maximum absolute atomic E-state index is 11.5. The van der Waals surface area contributed by atoms with Gasteiger partial charge >= 0.3 is 0 Å². The molecule has 1 aromatic carbocycles. The van der Waals surface area contributed by atoms with Crippen LogP contribution in [0.25, 0.3) is 0 Å². The first-order chi connectivity index (χ1) is 7.65. The lowest BCUT2D eigenvalue weighted by Gasteiger charge is -2.17. The third kappa shape index (κ3) is 2.23. The molecule has 2 N–H and O–H groups in total. The fourth-order valence-corrected chi connectivity index (χ4v) is 1.33. The Morgan fingerprint density at radius 1 is 1.38 bits per heavy atom. The molecule has 2 rings (SSSR count). The predicted molar refractivity (Wildman–Crippen MR) is 60.3 cm³/mol. The van der Waals surface area contributed by atoms with Gasteiger partial charge in [-0.05, 0) is 24.6 Å². The van der Waals surface area contributed by atoms with Gasteiger partial charge in [0.25, 0.3) is 5.91 Å². The van der Waals surface area contributed by atoms with Crippen molar-refractivity contribution in [1.29, 1.82) is 0 Å². The summed E-state index contributed by atoms with van der Waals surface area (Å²) in [5.41, 5.74) is 1.08. The molecule has 4 nitrogen and oxygen atoms in total. The zero-order valence-electron chi connectivity index (χ0n) is 8.91. The molecule has 0 fully saturated rings. The van der Waals surface area contributed by atoms with E-state index in [2.05, 4.69) is 17.2 Å². The van der Waals surface area contributed by atoms with Crippen LogP contribution in [0.1, 0.15) is 5.56 Å². The van der Waals surface area contributed by atoms with Crippen LogP contribution in [0.15, 0.2) is 48.6 Å². The van der Waals surface area contributed by atoms with Crippen molar-refractivity contribution in [3.8, 4) is 5.75 Å². The van der Waals surface area contributed by atoms with E-state index >= 15 is 0 Å². The number of hydrogen-bond acceptors (Lipinski definition) is 3. The summed E-state index contributed by atoms with van der Waals surface area (Å²) >= 11 is 0. The van der Waals surface area contributed by atoms with Gasteiger partial charge in [-0.2, -0.15) is 0 Å². The fourth-order valence-electron chi connectivity index (χ4n) is 1.33. The molecule has 0 aromatic heterocycles. The van der Waals surface area contributed by atoms with Gasteiger partial charge in [0.05, 0.1) is 6.20 Å². The highest BCUT2D eigenvalue weighted by Gasteiger charge is 2.16. The molecular formula is C12H12N2O2. The molecule has 0 aliphatic carbocycles. The zero-order valence-corrected chi connectivity index (χ0v) is 8.91. The number of ether oxygens (including phenoxy) is 1. The van der Waals surface area contributed by atoms with E-state index in [4.69, 9.17) is 4.74 Å². The highest BCUT2D eigenvalue weighted by atomic mass is 16.5. The number of carbonyl (C=O) groups is 1. The van der Waals surface area contributed by atoms with E-state index in [1.165, 1.54) is 6.20 Å². The lowest BCUT2D eigenvalue weighted by molar-refractivity contribution is -0.119.